The van der Waals surface area contributed by atoms with Crippen LogP contribution in [0.25, 0.3) is 15.9 Å². The van der Waals surface area contributed by atoms with Crippen molar-refractivity contribution in [1.82, 2.24) is 19.6 Å². The Balaban J connectivity index is 1.49. The second kappa shape index (κ2) is 6.49. The van der Waals surface area contributed by atoms with Crippen LogP contribution in [-0.4, -0.2) is 25.5 Å². The molecule has 3 heterocycles. The summed E-state index contributed by atoms with van der Waals surface area (Å²) < 4.78 is 2.92. The van der Waals surface area contributed by atoms with Gasteiger partial charge in [0.1, 0.15) is 0 Å². The molecule has 4 rings (SSSR count). The summed E-state index contributed by atoms with van der Waals surface area (Å²) in [5.74, 6) is -0.0420. The molecule has 4 aromatic rings. The Kier molecular flexibility index (Phi) is 4.16. The lowest BCUT2D eigenvalue weighted by Gasteiger charge is -2.10. The van der Waals surface area contributed by atoms with Gasteiger partial charge in [-0.1, -0.05) is 23.5 Å². The third-order valence-corrected chi connectivity index (χ3v) is 5.38. The number of benzene rings is 1. The molecule has 1 aromatic carbocycles. The molecule has 0 atom stereocenters. The molecule has 0 fully saturated rings. The molecule has 6 nitrogen and oxygen atoms in total. The average Bonchev–Trinajstić information content (AvgIpc) is 3.16. The zero-order valence-electron chi connectivity index (χ0n) is 14.9. The van der Waals surface area contributed by atoms with Gasteiger partial charge in [-0.15, -0.1) is 0 Å². The number of hydrogen-bond donors (Lipinski definition) is 1. The van der Waals surface area contributed by atoms with E-state index in [1.165, 1.54) is 11.3 Å². The summed E-state index contributed by atoms with van der Waals surface area (Å²) in [5, 5.41) is 8.03. The number of aromatic nitrogens is 4. The molecule has 0 aliphatic rings. The van der Waals surface area contributed by atoms with Gasteiger partial charge in [-0.25, -0.2) is 14.5 Å². The molecule has 7 heteroatoms. The van der Waals surface area contributed by atoms with Crippen molar-refractivity contribution in [2.45, 2.75) is 33.6 Å². The highest BCUT2D eigenvalue weighted by Gasteiger charge is 2.14. The molecule has 132 valence electrons. The normalized spacial score (nSPS) is 11.3. The van der Waals surface area contributed by atoms with Crippen molar-refractivity contribution in [3.05, 3.63) is 53.0 Å². The largest absolute Gasteiger partial charge is 0.302 e. The van der Waals surface area contributed by atoms with E-state index in [-0.39, 0.29) is 5.91 Å². The molecule has 0 saturated carbocycles. The first-order valence-electron chi connectivity index (χ1n) is 8.49. The maximum atomic E-state index is 12.4. The highest BCUT2D eigenvalue weighted by Crippen LogP contribution is 2.25. The van der Waals surface area contributed by atoms with E-state index in [1.54, 1.807) is 0 Å². The van der Waals surface area contributed by atoms with Crippen molar-refractivity contribution in [1.29, 1.82) is 0 Å². The van der Waals surface area contributed by atoms with Gasteiger partial charge in [0.2, 0.25) is 5.91 Å². The Morgan fingerprint density at radius 2 is 2.00 bits per heavy atom. The number of fused-ring (bicyclic) bond motifs is 2. The number of anilines is 1. The zero-order chi connectivity index (χ0) is 18.3. The molecule has 3 aromatic heterocycles. The minimum atomic E-state index is -0.0420. The number of thiazole rings is 1. The van der Waals surface area contributed by atoms with Crippen molar-refractivity contribution < 1.29 is 4.79 Å². The summed E-state index contributed by atoms with van der Waals surface area (Å²) >= 11 is 1.49. The summed E-state index contributed by atoms with van der Waals surface area (Å²) in [6.07, 6.45) is 1.00. The number of nitrogens with zero attached hydrogens (tertiary/aromatic N) is 4. The number of carbonyl (C=O) groups excluding carboxylic acids is 1. The van der Waals surface area contributed by atoms with E-state index in [0.717, 1.165) is 38.5 Å². The molecule has 1 N–H and O–H groups in total. The monoisotopic (exact) mass is 365 g/mol. The van der Waals surface area contributed by atoms with Crippen LogP contribution in [0.15, 0.2) is 30.3 Å². The van der Waals surface area contributed by atoms with Crippen LogP contribution in [0.3, 0.4) is 0 Å². The van der Waals surface area contributed by atoms with E-state index in [9.17, 15) is 4.79 Å². The summed E-state index contributed by atoms with van der Waals surface area (Å²) in [6, 6.07) is 9.82. The third kappa shape index (κ3) is 3.06. The van der Waals surface area contributed by atoms with Gasteiger partial charge in [0.05, 0.1) is 15.9 Å². The van der Waals surface area contributed by atoms with E-state index in [2.05, 4.69) is 20.4 Å². The fourth-order valence-electron chi connectivity index (χ4n) is 3.15. The topological polar surface area (TPSA) is 72.2 Å². The molecular weight excluding hydrogens is 346 g/mol. The molecule has 0 aliphatic heterocycles. The Labute approximate surface area is 154 Å². The van der Waals surface area contributed by atoms with Gasteiger partial charge in [-0.3, -0.25) is 4.79 Å². The maximum Gasteiger partial charge on any atom is 0.226 e. The predicted octanol–water partition coefficient (Wildman–Crippen LogP) is 3.84. The molecule has 0 saturated heterocycles. The van der Waals surface area contributed by atoms with Gasteiger partial charge < -0.3 is 5.32 Å². The summed E-state index contributed by atoms with van der Waals surface area (Å²) in [6.45, 7) is 5.96. The highest BCUT2D eigenvalue weighted by atomic mass is 32.1. The number of nitrogens with one attached hydrogen (secondary N) is 1. The van der Waals surface area contributed by atoms with Gasteiger partial charge in [-0.05, 0) is 44.9 Å². The van der Waals surface area contributed by atoms with Crippen LogP contribution >= 0.6 is 11.3 Å². The van der Waals surface area contributed by atoms with Crippen molar-refractivity contribution in [3.8, 4) is 0 Å². The fraction of sp³-hybridized carbons (Fsp3) is 0.263. The predicted molar refractivity (Wildman–Crippen MR) is 104 cm³/mol. The first-order valence-corrected chi connectivity index (χ1v) is 9.31. The highest BCUT2D eigenvalue weighted by molar-refractivity contribution is 7.22. The van der Waals surface area contributed by atoms with Crippen LogP contribution < -0.4 is 5.32 Å². The standard InChI is InChI=1S/C19H19N5OS/c1-11-10-17-20-12(2)14(13(3)24(17)23-11)8-9-18(25)22-19-21-15-6-4-5-7-16(15)26-19/h4-7,10H,8-9H2,1-3H3,(H,21,22,25). The van der Waals surface area contributed by atoms with Crippen LogP contribution in [0.4, 0.5) is 5.13 Å². The Morgan fingerprint density at radius 3 is 2.81 bits per heavy atom. The molecule has 0 radical (unpaired) electrons. The van der Waals surface area contributed by atoms with Crippen molar-refractivity contribution in [3.63, 3.8) is 0 Å². The quantitative estimate of drug-likeness (QED) is 0.596. The number of para-hydroxylation sites is 1. The van der Waals surface area contributed by atoms with Crippen molar-refractivity contribution in [2.24, 2.45) is 0 Å². The maximum absolute atomic E-state index is 12.4. The van der Waals surface area contributed by atoms with Crippen molar-refractivity contribution >= 4 is 38.2 Å². The lowest BCUT2D eigenvalue weighted by Crippen LogP contribution is -2.14. The Hall–Kier alpha value is -2.80. The van der Waals surface area contributed by atoms with E-state index in [1.807, 2.05) is 55.6 Å². The number of rotatable bonds is 4. The lowest BCUT2D eigenvalue weighted by molar-refractivity contribution is -0.116. The molecule has 0 unspecified atom stereocenters. The van der Waals surface area contributed by atoms with Crippen LogP contribution in [0, 0.1) is 20.8 Å². The molecule has 0 spiro atoms. The molecule has 26 heavy (non-hydrogen) atoms. The first kappa shape index (κ1) is 16.7. The fourth-order valence-corrected chi connectivity index (χ4v) is 4.03. The first-order chi connectivity index (χ1) is 12.5. The van der Waals surface area contributed by atoms with Crippen LogP contribution in [0.5, 0.6) is 0 Å². The average molecular weight is 365 g/mol. The second-order valence-corrected chi connectivity index (χ2v) is 7.38. The Bertz CT molecular complexity index is 1090. The van der Waals surface area contributed by atoms with E-state index < -0.39 is 0 Å². The van der Waals surface area contributed by atoms with Gasteiger partial charge in [0.15, 0.2) is 10.8 Å². The van der Waals surface area contributed by atoms with E-state index in [0.29, 0.717) is 18.0 Å². The van der Waals surface area contributed by atoms with Gasteiger partial charge in [-0.2, -0.15) is 5.10 Å². The van der Waals surface area contributed by atoms with Gasteiger partial charge >= 0.3 is 0 Å². The smallest absolute Gasteiger partial charge is 0.226 e. The van der Waals surface area contributed by atoms with Crippen LogP contribution in [0.1, 0.15) is 29.1 Å². The summed E-state index contributed by atoms with van der Waals surface area (Å²) in [5.41, 5.74) is 5.74. The second-order valence-electron chi connectivity index (χ2n) is 6.35. The number of amides is 1. The summed E-state index contributed by atoms with van der Waals surface area (Å²) in [4.78, 5) is 21.4. The molecule has 1 amide bonds. The van der Waals surface area contributed by atoms with Gasteiger partial charge in [0.25, 0.3) is 0 Å². The van der Waals surface area contributed by atoms with E-state index >= 15 is 0 Å². The minimum Gasteiger partial charge on any atom is -0.302 e. The number of hydrogen-bond acceptors (Lipinski definition) is 5. The molecular formula is C19H19N5OS. The summed E-state index contributed by atoms with van der Waals surface area (Å²) in [7, 11) is 0. The van der Waals surface area contributed by atoms with Crippen molar-refractivity contribution in [2.75, 3.05) is 5.32 Å². The van der Waals surface area contributed by atoms with Crippen LogP contribution in [-0.2, 0) is 11.2 Å². The van der Waals surface area contributed by atoms with E-state index in [4.69, 9.17) is 0 Å². The zero-order valence-corrected chi connectivity index (χ0v) is 15.7. The number of carbonyl (C=O) groups is 1. The lowest BCUT2D eigenvalue weighted by atomic mass is 10.1. The minimum absolute atomic E-state index is 0.0420. The molecule has 0 bridgehead atoms. The molecule has 0 aliphatic carbocycles. The van der Waals surface area contributed by atoms with Crippen LogP contribution in [0.2, 0.25) is 0 Å². The Morgan fingerprint density at radius 1 is 1.19 bits per heavy atom. The van der Waals surface area contributed by atoms with Gasteiger partial charge in [0, 0.05) is 23.9 Å². The SMILES string of the molecule is Cc1cc2nc(C)c(CCC(=O)Nc3nc4ccccc4s3)c(C)n2n1. The third-order valence-electron chi connectivity index (χ3n) is 4.43. The number of aryl methyl sites for hydroxylation is 3.